The number of ketones is 1. The van der Waals surface area contributed by atoms with E-state index < -0.39 is 18.0 Å². The summed E-state index contributed by atoms with van der Waals surface area (Å²) < 4.78 is 5.17. The molecular weight excluding hydrogens is 819 g/mol. The predicted octanol–water partition coefficient (Wildman–Crippen LogP) is 4.72. The number of urea groups is 1. The molecule has 5 N–H and O–H groups in total. The zero-order chi connectivity index (χ0) is 31.1. The third-order valence-electron chi connectivity index (χ3n) is 4.92. The van der Waals surface area contributed by atoms with Gasteiger partial charge in [0.05, 0.1) is 12.0 Å². The van der Waals surface area contributed by atoms with E-state index in [1.165, 1.54) is 13.3 Å². The van der Waals surface area contributed by atoms with Crippen molar-refractivity contribution in [2.45, 2.75) is 80.4 Å². The molecule has 0 fully saturated rings. The number of Topliss-reactive ketones (excluding diaryl/α,β-unsaturated/α-hetero) is 1. The van der Waals surface area contributed by atoms with E-state index in [9.17, 15) is 28.8 Å². The van der Waals surface area contributed by atoms with Crippen LogP contribution in [-0.4, -0.2) is 49.0 Å². The summed E-state index contributed by atoms with van der Waals surface area (Å²) in [6, 6.07) is 5.38. The molecule has 0 bridgehead atoms. The van der Waals surface area contributed by atoms with Gasteiger partial charge in [0.1, 0.15) is 6.61 Å². The minimum Gasteiger partial charge on any atom is -0.542 e. The second-order valence-electron chi connectivity index (χ2n) is 9.57. The number of nitrogens with two attached hydrogens (primary N) is 1. The minimum atomic E-state index is -0.764. The molecule has 11 nitrogen and oxygen atoms in total. The summed E-state index contributed by atoms with van der Waals surface area (Å²) >= 11 is 0. The second kappa shape index (κ2) is 40.7. The van der Waals surface area contributed by atoms with Gasteiger partial charge in [-0.3, -0.25) is 20.7 Å². The summed E-state index contributed by atoms with van der Waals surface area (Å²) in [4.78, 5) is 67.3. The average molecular weight is 874 g/mol. The summed E-state index contributed by atoms with van der Waals surface area (Å²) in [7, 11) is 0. The van der Waals surface area contributed by atoms with Crippen LogP contribution in [0.4, 0.5) is 10.5 Å². The third kappa shape index (κ3) is 36.4. The number of hydrogen-bond donors (Lipinski definition) is 4. The maximum Gasteiger partial charge on any atom is 0.312 e. The number of amides is 4. The largest absolute Gasteiger partial charge is 0.542 e. The Balaban J connectivity index is -0.000000154. The van der Waals surface area contributed by atoms with Crippen LogP contribution in [0.3, 0.4) is 0 Å². The Morgan fingerprint density at radius 3 is 1.78 bits per heavy atom. The van der Waals surface area contributed by atoms with Crippen LogP contribution in [-0.2, 0) is 133 Å². The number of esters is 1. The Labute approximate surface area is 354 Å². The molecule has 1 aromatic carbocycles. The van der Waals surface area contributed by atoms with E-state index in [0.29, 0.717) is 18.5 Å². The first-order valence-corrected chi connectivity index (χ1v) is 13.2. The molecule has 46 heavy (non-hydrogen) atoms. The molecule has 1 aromatic rings. The smallest absolute Gasteiger partial charge is 0.312 e. The van der Waals surface area contributed by atoms with Crippen LogP contribution in [0, 0.1) is 46.5 Å². The monoisotopic (exact) mass is 873 g/mol. The minimum absolute atomic E-state index is 0. The number of nitrogens with one attached hydrogen (secondary N) is 3. The quantitative estimate of drug-likeness (QED) is 0.0855. The van der Waals surface area contributed by atoms with Crippen LogP contribution in [0.1, 0.15) is 73.3 Å². The summed E-state index contributed by atoms with van der Waals surface area (Å²) in [5.74, 6) is -1.77. The van der Waals surface area contributed by atoms with Crippen molar-refractivity contribution in [3.63, 3.8) is 0 Å². The SMILES string of the molecule is CC(C)C(=O)OCc1ccc(NC(=O)[C@H](CCCNC(N)=O)CC(=O)[C@H](C)N[C-]=O)cc1.CC(C)[C-]=O.C[CH-]C.[CH3-].[CH3-].[CH3-].[Y].[Y].[Y]. The first-order chi connectivity index (χ1) is 18.8. The molecular formula is C32H54N4O7Y3-6. The number of primary amides is 1. The summed E-state index contributed by atoms with van der Waals surface area (Å²) in [5.41, 5.74) is 6.33. The van der Waals surface area contributed by atoms with Crippen molar-refractivity contribution in [2.24, 2.45) is 23.5 Å². The van der Waals surface area contributed by atoms with Crippen molar-refractivity contribution in [1.82, 2.24) is 10.6 Å². The number of hydrogen-bond acceptors (Lipinski definition) is 7. The van der Waals surface area contributed by atoms with Crippen LogP contribution in [0.25, 0.3) is 0 Å². The maximum absolute atomic E-state index is 12.8. The fourth-order valence-corrected chi connectivity index (χ4v) is 2.72. The number of benzene rings is 1. The normalized spacial score (nSPS) is 9.93. The number of anilines is 1. The van der Waals surface area contributed by atoms with Gasteiger partial charge in [0.2, 0.25) is 5.91 Å². The molecule has 0 unspecified atom stereocenters. The van der Waals surface area contributed by atoms with E-state index in [4.69, 9.17) is 10.5 Å². The van der Waals surface area contributed by atoms with Crippen LogP contribution in [0.5, 0.6) is 0 Å². The van der Waals surface area contributed by atoms with Crippen LogP contribution < -0.4 is 21.7 Å². The molecule has 0 aliphatic heterocycles. The zero-order valence-electron chi connectivity index (χ0n) is 29.4. The van der Waals surface area contributed by atoms with Crippen molar-refractivity contribution in [2.75, 3.05) is 11.9 Å². The van der Waals surface area contributed by atoms with Gasteiger partial charge < -0.3 is 64.7 Å². The van der Waals surface area contributed by atoms with Crippen molar-refractivity contribution < 1.29 is 132 Å². The summed E-state index contributed by atoms with van der Waals surface area (Å²) in [6.45, 7) is 13.0. The molecule has 4 amide bonds. The van der Waals surface area contributed by atoms with Gasteiger partial charge in [-0.25, -0.2) is 4.79 Å². The van der Waals surface area contributed by atoms with Crippen LogP contribution in [0.2, 0.25) is 0 Å². The Kier molecular flexibility index (Phi) is 56.8. The number of rotatable bonds is 15. The number of carbonyl (C=O) groups excluding carboxylic acids is 6. The maximum atomic E-state index is 12.8. The molecule has 14 heteroatoms. The molecule has 0 aliphatic rings. The molecule has 0 heterocycles. The van der Waals surface area contributed by atoms with E-state index in [1.54, 1.807) is 58.2 Å². The van der Waals surface area contributed by atoms with Crippen molar-refractivity contribution in [3.05, 3.63) is 58.5 Å². The number of ether oxygens (including phenoxy) is 1. The molecule has 0 aliphatic carbocycles. The summed E-state index contributed by atoms with van der Waals surface area (Å²) in [5, 5.41) is 7.47. The van der Waals surface area contributed by atoms with Gasteiger partial charge in [-0.15, -0.1) is 5.92 Å². The van der Waals surface area contributed by atoms with Gasteiger partial charge in [0, 0.05) is 123 Å². The molecule has 1 rings (SSSR count). The molecule has 0 aromatic heterocycles. The standard InChI is InChI=1S/C22H31N4O6.C4H7O.C3H7.3CH3.3Y/c1-14(2)21(30)32-12-16-6-8-18(9-7-16)26-20(29)17(5-4-10-24-22(23)31)11-19(28)15(3)25-13-27;1-4(2)3-5;1-3-2;;;;;;/h6-9,14-15,17H,4-5,10-12H2,1-3H3,(H,25,27)(H,26,29)(H3,23,24,31);4H,1-2H3;3H,1-2H3;3*1H3;;;/q6*-1;;;/t15-,17+;;;;;;;;/m0......../s1. The Hall–Kier alpha value is -0.448. The Morgan fingerprint density at radius 2 is 1.39 bits per heavy atom. The van der Waals surface area contributed by atoms with Crippen molar-refractivity contribution in [1.29, 1.82) is 0 Å². The van der Waals surface area contributed by atoms with Gasteiger partial charge in [-0.05, 0) is 37.5 Å². The first kappa shape index (κ1) is 64.1. The zero-order valence-corrected chi connectivity index (χ0v) is 37.9. The van der Waals surface area contributed by atoms with Gasteiger partial charge in [0.15, 0.2) is 5.78 Å². The Morgan fingerprint density at radius 1 is 0.913 bits per heavy atom. The fraction of sp³-hybridized carbons (Fsp3) is 0.500. The van der Waals surface area contributed by atoms with E-state index in [1.807, 2.05) is 20.3 Å². The van der Waals surface area contributed by atoms with Crippen LogP contribution >= 0.6 is 0 Å². The van der Waals surface area contributed by atoms with Crippen molar-refractivity contribution >= 4 is 42.1 Å². The molecule has 0 saturated carbocycles. The third-order valence-corrected chi connectivity index (χ3v) is 4.92. The molecule has 0 saturated heterocycles. The van der Waals surface area contributed by atoms with E-state index in [0.717, 1.165) is 5.56 Å². The second-order valence-corrected chi connectivity index (χ2v) is 9.57. The van der Waals surface area contributed by atoms with E-state index in [2.05, 4.69) is 16.0 Å². The van der Waals surface area contributed by atoms with Gasteiger partial charge in [-0.1, -0.05) is 39.8 Å². The Bertz CT molecular complexity index is 919. The first-order valence-electron chi connectivity index (χ1n) is 13.2. The predicted molar refractivity (Wildman–Crippen MR) is 173 cm³/mol. The topological polar surface area (TPSA) is 174 Å². The van der Waals surface area contributed by atoms with Crippen molar-refractivity contribution in [3.8, 4) is 0 Å². The molecule has 2 atom stereocenters. The molecule has 0 spiro atoms. The van der Waals surface area contributed by atoms with E-state index in [-0.39, 0.29) is 169 Å². The fourth-order valence-electron chi connectivity index (χ4n) is 2.72. The van der Waals surface area contributed by atoms with Crippen LogP contribution in [0.15, 0.2) is 24.3 Å². The summed E-state index contributed by atoms with van der Waals surface area (Å²) in [6.07, 6.45) is 5.94. The number of carbonyl (C=O) groups is 4. The van der Waals surface area contributed by atoms with Gasteiger partial charge >= 0.3 is 12.0 Å². The van der Waals surface area contributed by atoms with Gasteiger partial charge in [-0.2, -0.15) is 20.3 Å². The van der Waals surface area contributed by atoms with E-state index >= 15 is 0 Å². The molecule has 3 radical (unpaired) electrons. The molecule has 259 valence electrons. The van der Waals surface area contributed by atoms with Gasteiger partial charge in [0.25, 0.3) is 0 Å². The average Bonchev–Trinajstić information content (AvgIpc) is 2.90.